The van der Waals surface area contributed by atoms with Crippen LogP contribution in [0.15, 0.2) is 58.3 Å². The summed E-state index contributed by atoms with van der Waals surface area (Å²) in [7, 11) is -5.46. The smallest absolute Gasteiger partial charge is 0.458 e. The molecule has 7 rings (SSSR count). The van der Waals surface area contributed by atoms with Crippen LogP contribution in [0.1, 0.15) is 50.1 Å². The maximum atomic E-state index is 15.7. The largest absolute Gasteiger partial charge is 0.473 e. The second-order valence-corrected chi connectivity index (χ2v) is 13.9. The number of ether oxygens (including phenoxy) is 3. The number of carbonyl (C=O) groups excluding carboxylic acids is 3. The number of phosphoric ester groups is 1. The van der Waals surface area contributed by atoms with E-state index in [4.69, 9.17) is 28.2 Å². The Hall–Kier alpha value is -5.20. The number of phosphoric acid groups is 1. The summed E-state index contributed by atoms with van der Waals surface area (Å²) in [5, 5.41) is 3.08. The molecule has 278 valence electrons. The predicted octanol–water partition coefficient (Wildman–Crippen LogP) is 2.90. The van der Waals surface area contributed by atoms with Crippen LogP contribution in [-0.4, -0.2) is 66.6 Å². The number of alkyl halides is 2. The first-order valence-electron chi connectivity index (χ1n) is 16.1. The predicted molar refractivity (Wildman–Crippen MR) is 176 cm³/mol. The molecule has 3 aliphatic heterocycles. The van der Waals surface area contributed by atoms with Gasteiger partial charge in [0.15, 0.2) is 6.10 Å². The first-order valence-corrected chi connectivity index (χ1v) is 17.6. The quantitative estimate of drug-likeness (QED) is 0.163. The minimum absolute atomic E-state index is 0.0207. The van der Waals surface area contributed by atoms with Gasteiger partial charge >= 0.3 is 31.4 Å². The number of halogens is 2. The SMILES string of the molecule is CC[C@@]1(OP(=O)(O)OC[C@H]2O[C@@H](n3ccc(NC(C)=O)nc3=O)C(F)(F)[C@@H]2OC(C)=O)C(=O)OCc2c1cc1n(c2=O)Cc2cc3ccccc3nc2-1. The lowest BCUT2D eigenvalue weighted by Gasteiger charge is -2.36. The van der Waals surface area contributed by atoms with Gasteiger partial charge in [0.25, 0.3) is 5.56 Å². The maximum absolute atomic E-state index is 15.7. The fraction of sp³-hybridized carbons (Fsp3) is 0.364. The van der Waals surface area contributed by atoms with E-state index in [0.717, 1.165) is 37.1 Å². The van der Waals surface area contributed by atoms with E-state index in [0.29, 0.717) is 21.5 Å². The molecule has 3 aromatic heterocycles. The summed E-state index contributed by atoms with van der Waals surface area (Å²) >= 11 is 0. The molecule has 6 heterocycles. The summed E-state index contributed by atoms with van der Waals surface area (Å²) in [5.74, 6) is -7.23. The molecular formula is C33H30F2N5O12P. The van der Waals surface area contributed by atoms with Gasteiger partial charge < -0.3 is 29.0 Å². The molecule has 0 bridgehead atoms. The first-order chi connectivity index (χ1) is 25.0. The van der Waals surface area contributed by atoms with E-state index in [2.05, 4.69) is 10.3 Å². The van der Waals surface area contributed by atoms with Gasteiger partial charge in [0.05, 0.1) is 35.6 Å². The van der Waals surface area contributed by atoms with Crippen molar-refractivity contribution < 1.29 is 55.9 Å². The molecule has 0 spiro atoms. The van der Waals surface area contributed by atoms with Gasteiger partial charge in [0.1, 0.15) is 18.5 Å². The van der Waals surface area contributed by atoms with Gasteiger partial charge in [-0.05, 0) is 30.7 Å². The van der Waals surface area contributed by atoms with E-state index in [1.165, 1.54) is 17.6 Å². The number of nitrogens with zero attached hydrogens (tertiary/aromatic N) is 4. The number of anilines is 1. The van der Waals surface area contributed by atoms with Crippen molar-refractivity contribution in [2.24, 2.45) is 0 Å². The van der Waals surface area contributed by atoms with Gasteiger partial charge in [-0.3, -0.25) is 28.0 Å². The molecule has 1 amide bonds. The highest BCUT2D eigenvalue weighted by atomic mass is 31.2. The fourth-order valence-corrected chi connectivity index (χ4v) is 7.81. The Bertz CT molecular complexity index is 2380. The Morgan fingerprint density at radius 3 is 2.58 bits per heavy atom. The second kappa shape index (κ2) is 13.0. The zero-order chi connectivity index (χ0) is 38.0. The average Bonchev–Trinajstić information content (AvgIpc) is 3.57. The Kier molecular flexibility index (Phi) is 8.89. The van der Waals surface area contributed by atoms with Gasteiger partial charge in [0, 0.05) is 36.6 Å². The molecule has 1 saturated heterocycles. The molecule has 0 aliphatic carbocycles. The first kappa shape index (κ1) is 36.2. The van der Waals surface area contributed by atoms with E-state index in [1.54, 1.807) is 12.1 Å². The van der Waals surface area contributed by atoms with E-state index < -0.39 is 80.1 Å². The number of para-hydroxylation sites is 1. The van der Waals surface area contributed by atoms with Crippen LogP contribution >= 0.6 is 7.82 Å². The van der Waals surface area contributed by atoms with Crippen LogP contribution in [0.3, 0.4) is 0 Å². The number of pyridine rings is 2. The standard InChI is InChI=1S/C33H30F2N5O12P/c1-4-32(21-12-23-26-19(11-18-7-5-6-8-22(18)37-26)13-40(23)28(43)20(21)14-48-30(32)44)52-53(46,47)49-15-24-27(50-17(3)42)33(34,35)29(51-24)39-10-9-25(36-16(2)41)38-31(39)45/h5-12,24,27,29H,4,13-15H2,1-3H3,(H,46,47)(H,36,38,41,45)/t24-,27-,29-,32+/m1/s1. The zero-order valence-corrected chi connectivity index (χ0v) is 29.0. The second-order valence-electron chi connectivity index (χ2n) is 12.5. The third-order valence-corrected chi connectivity index (χ3v) is 10.1. The van der Waals surface area contributed by atoms with Gasteiger partial charge in [-0.25, -0.2) is 19.1 Å². The number of hydrogen-bond donors (Lipinski definition) is 2. The van der Waals surface area contributed by atoms with Crippen LogP contribution < -0.4 is 16.6 Å². The molecule has 3 aliphatic rings. The Morgan fingerprint density at radius 1 is 1.13 bits per heavy atom. The minimum Gasteiger partial charge on any atom is -0.458 e. The van der Waals surface area contributed by atoms with Crippen LogP contribution in [0, 0.1) is 0 Å². The normalized spacial score (nSPS) is 23.7. The van der Waals surface area contributed by atoms with E-state index in [1.807, 2.05) is 18.2 Å². The summed E-state index contributed by atoms with van der Waals surface area (Å²) in [4.78, 5) is 82.4. The molecule has 53 heavy (non-hydrogen) atoms. The highest BCUT2D eigenvalue weighted by Gasteiger charge is 2.63. The third-order valence-electron chi connectivity index (χ3n) is 9.09. The van der Waals surface area contributed by atoms with E-state index in [-0.39, 0.29) is 29.9 Å². The number of rotatable bonds is 9. The van der Waals surface area contributed by atoms with Gasteiger partial charge in [-0.2, -0.15) is 13.8 Å². The minimum atomic E-state index is -5.46. The summed E-state index contributed by atoms with van der Waals surface area (Å²) in [5.41, 5.74) is -2.12. The highest BCUT2D eigenvalue weighted by molar-refractivity contribution is 7.47. The van der Waals surface area contributed by atoms with Crippen molar-refractivity contribution in [2.75, 3.05) is 11.9 Å². The third kappa shape index (κ3) is 6.23. The number of nitrogens with one attached hydrogen (secondary N) is 1. The van der Waals surface area contributed by atoms with Crippen molar-refractivity contribution in [3.63, 3.8) is 0 Å². The number of carbonyl (C=O) groups is 3. The molecule has 1 aromatic carbocycles. The summed E-state index contributed by atoms with van der Waals surface area (Å²) in [6.45, 7) is 1.94. The van der Waals surface area contributed by atoms with Crippen LogP contribution in [0.4, 0.5) is 14.6 Å². The topological polar surface area (TPSA) is 216 Å². The molecule has 5 atom stereocenters. The molecule has 0 radical (unpaired) electrons. The Morgan fingerprint density at radius 2 is 1.89 bits per heavy atom. The van der Waals surface area contributed by atoms with Crippen molar-refractivity contribution in [3.05, 3.63) is 86.2 Å². The van der Waals surface area contributed by atoms with E-state index in [9.17, 15) is 33.4 Å². The number of esters is 2. The molecule has 2 N–H and O–H groups in total. The monoisotopic (exact) mass is 757 g/mol. The lowest BCUT2D eigenvalue weighted by molar-refractivity contribution is -0.174. The molecule has 1 fully saturated rings. The van der Waals surface area contributed by atoms with Crippen molar-refractivity contribution in [1.29, 1.82) is 0 Å². The lowest BCUT2D eigenvalue weighted by Crippen LogP contribution is -2.46. The maximum Gasteiger partial charge on any atom is 0.473 e. The van der Waals surface area contributed by atoms with Crippen LogP contribution in [0.25, 0.3) is 22.3 Å². The molecule has 20 heteroatoms. The molecular weight excluding hydrogens is 727 g/mol. The summed E-state index contributed by atoms with van der Waals surface area (Å²) < 4.78 is 73.0. The number of aromatic nitrogens is 4. The molecule has 0 saturated carbocycles. The number of amides is 1. The number of fused-ring (bicyclic) bond motifs is 5. The van der Waals surface area contributed by atoms with Crippen molar-refractivity contribution in [2.45, 2.75) is 70.3 Å². The summed E-state index contributed by atoms with van der Waals surface area (Å²) in [6, 6.07) is 11.7. The Labute approximate surface area is 297 Å². The number of hydrogen-bond acceptors (Lipinski definition) is 13. The van der Waals surface area contributed by atoms with Gasteiger partial charge in [-0.1, -0.05) is 25.1 Å². The number of cyclic esters (lactones) is 1. The summed E-state index contributed by atoms with van der Waals surface area (Å²) in [6.07, 6.45) is -6.34. The van der Waals surface area contributed by atoms with Gasteiger partial charge in [0.2, 0.25) is 17.7 Å². The molecule has 1 unspecified atom stereocenters. The van der Waals surface area contributed by atoms with Gasteiger partial charge in [-0.15, -0.1) is 0 Å². The average molecular weight is 758 g/mol. The zero-order valence-electron chi connectivity index (χ0n) is 28.1. The van der Waals surface area contributed by atoms with Crippen LogP contribution in [0.2, 0.25) is 0 Å². The Balaban J connectivity index is 1.19. The molecule has 4 aromatic rings. The highest BCUT2D eigenvalue weighted by Crippen LogP contribution is 2.55. The lowest BCUT2D eigenvalue weighted by atomic mass is 9.86. The van der Waals surface area contributed by atoms with Crippen molar-refractivity contribution in [3.8, 4) is 11.4 Å². The van der Waals surface area contributed by atoms with Crippen molar-refractivity contribution in [1.82, 2.24) is 19.1 Å². The van der Waals surface area contributed by atoms with E-state index >= 15 is 8.78 Å². The van der Waals surface area contributed by atoms with Crippen LogP contribution in [0.5, 0.6) is 0 Å². The molecule has 17 nitrogen and oxygen atoms in total. The van der Waals surface area contributed by atoms with Crippen LogP contribution in [-0.2, 0) is 61.0 Å². The van der Waals surface area contributed by atoms with Crippen molar-refractivity contribution >= 4 is 42.4 Å². The number of benzene rings is 1. The fourth-order valence-electron chi connectivity index (χ4n) is 6.72.